The molecule has 0 saturated carbocycles. The van der Waals surface area contributed by atoms with E-state index >= 15 is 0 Å². The summed E-state index contributed by atoms with van der Waals surface area (Å²) in [4.78, 5) is 27.5. The Kier molecular flexibility index (Phi) is 10.8. The molecule has 0 aromatic heterocycles. The largest absolute Gasteiger partial charge is 0.497 e. The van der Waals surface area contributed by atoms with Crippen molar-refractivity contribution in [3.63, 3.8) is 0 Å². The molecule has 1 atom stereocenters. The topological polar surface area (TPSA) is 58.6 Å². The molecule has 0 heterocycles. The van der Waals surface area contributed by atoms with Gasteiger partial charge in [-0.05, 0) is 42.7 Å². The van der Waals surface area contributed by atoms with Gasteiger partial charge >= 0.3 is 0 Å². The lowest BCUT2D eigenvalue weighted by Gasteiger charge is -2.30. The maximum Gasteiger partial charge on any atom is 0.242 e. The van der Waals surface area contributed by atoms with Crippen molar-refractivity contribution in [2.45, 2.75) is 45.0 Å². The van der Waals surface area contributed by atoms with Crippen molar-refractivity contribution in [3.05, 3.63) is 64.4 Å². The number of thioether (sulfide) groups is 1. The van der Waals surface area contributed by atoms with Gasteiger partial charge in [-0.25, -0.2) is 4.39 Å². The maximum atomic E-state index is 14.0. The first-order chi connectivity index (χ1) is 15.4. The van der Waals surface area contributed by atoms with Crippen LogP contribution in [0.4, 0.5) is 4.39 Å². The number of halogens is 2. The summed E-state index contributed by atoms with van der Waals surface area (Å²) in [5.74, 6) is 0.356. The van der Waals surface area contributed by atoms with Gasteiger partial charge in [0.15, 0.2) is 0 Å². The van der Waals surface area contributed by atoms with Gasteiger partial charge in [0.05, 0.1) is 12.9 Å². The summed E-state index contributed by atoms with van der Waals surface area (Å²) in [5, 5.41) is 3.23. The molecule has 174 valence electrons. The highest BCUT2D eigenvalue weighted by Crippen LogP contribution is 2.25. The van der Waals surface area contributed by atoms with E-state index in [1.807, 2.05) is 38.1 Å². The zero-order valence-electron chi connectivity index (χ0n) is 18.7. The third-order valence-electron chi connectivity index (χ3n) is 4.98. The first-order valence-corrected chi connectivity index (χ1v) is 12.1. The molecular weight excluding hydrogens is 451 g/mol. The summed E-state index contributed by atoms with van der Waals surface area (Å²) in [6.45, 7) is 4.71. The smallest absolute Gasteiger partial charge is 0.242 e. The summed E-state index contributed by atoms with van der Waals surface area (Å²) in [6.07, 6.45) is 1.30. The second kappa shape index (κ2) is 13.3. The molecule has 1 unspecified atom stereocenters. The molecule has 0 spiro atoms. The summed E-state index contributed by atoms with van der Waals surface area (Å²) in [7, 11) is 1.59. The van der Waals surface area contributed by atoms with Crippen molar-refractivity contribution in [2.24, 2.45) is 0 Å². The molecule has 2 aromatic carbocycles. The lowest BCUT2D eigenvalue weighted by atomic mass is 10.1. The third-order valence-corrected chi connectivity index (χ3v) is 6.28. The standard InChI is InChI=1S/C24H30ClFN2O3S/c1-4-13-27-24(30)22(5-2)28(14-17-9-11-18(31-3)12-10-17)23(29)16-32-15-19-20(25)7-6-8-21(19)26/h6-12,22H,4-5,13-16H2,1-3H3,(H,27,30). The molecule has 5 nitrogen and oxygen atoms in total. The second-order valence-electron chi connectivity index (χ2n) is 7.28. The van der Waals surface area contributed by atoms with Crippen LogP contribution in [0.2, 0.25) is 5.02 Å². The lowest BCUT2D eigenvalue weighted by molar-refractivity contribution is -0.139. The van der Waals surface area contributed by atoms with E-state index in [-0.39, 0.29) is 23.3 Å². The van der Waals surface area contributed by atoms with Crippen molar-refractivity contribution in [1.82, 2.24) is 10.2 Å². The van der Waals surface area contributed by atoms with E-state index in [1.54, 1.807) is 24.1 Å². The zero-order valence-corrected chi connectivity index (χ0v) is 20.3. The van der Waals surface area contributed by atoms with Crippen molar-refractivity contribution in [1.29, 1.82) is 0 Å². The molecule has 2 amide bonds. The first-order valence-electron chi connectivity index (χ1n) is 10.6. The molecule has 0 bridgehead atoms. The predicted octanol–water partition coefficient (Wildman–Crippen LogP) is 5.05. The maximum absolute atomic E-state index is 14.0. The minimum absolute atomic E-state index is 0.109. The van der Waals surface area contributed by atoms with Crippen LogP contribution in [0, 0.1) is 5.82 Å². The molecule has 32 heavy (non-hydrogen) atoms. The number of nitrogens with zero attached hydrogens (tertiary/aromatic N) is 1. The quantitative estimate of drug-likeness (QED) is 0.461. The van der Waals surface area contributed by atoms with Gasteiger partial charge in [-0.2, -0.15) is 0 Å². The first kappa shape index (κ1) is 26.0. The summed E-state index contributed by atoms with van der Waals surface area (Å²) in [5.41, 5.74) is 1.27. The molecule has 0 radical (unpaired) electrons. The van der Waals surface area contributed by atoms with E-state index < -0.39 is 11.9 Å². The molecule has 2 aromatic rings. The molecule has 0 fully saturated rings. The fraction of sp³-hybridized carbons (Fsp3) is 0.417. The Hall–Kier alpha value is -2.25. The highest BCUT2D eigenvalue weighted by atomic mass is 35.5. The Bertz CT molecular complexity index is 875. The Labute approximate surface area is 198 Å². The molecule has 2 rings (SSSR count). The minimum atomic E-state index is -0.589. The molecule has 0 saturated heterocycles. The van der Waals surface area contributed by atoms with Crippen LogP contribution in [0.15, 0.2) is 42.5 Å². The van der Waals surface area contributed by atoms with E-state index in [0.29, 0.717) is 30.1 Å². The second-order valence-corrected chi connectivity index (χ2v) is 8.67. The highest BCUT2D eigenvalue weighted by Gasteiger charge is 2.28. The Morgan fingerprint density at radius 1 is 1.19 bits per heavy atom. The molecule has 8 heteroatoms. The molecule has 1 N–H and O–H groups in total. The molecule has 0 aliphatic carbocycles. The zero-order chi connectivity index (χ0) is 23.5. The van der Waals surface area contributed by atoms with Gasteiger partial charge in [-0.1, -0.05) is 43.6 Å². The van der Waals surface area contributed by atoms with E-state index in [0.717, 1.165) is 17.7 Å². The van der Waals surface area contributed by atoms with Crippen molar-refractivity contribution < 1.29 is 18.7 Å². The number of nitrogens with one attached hydrogen (secondary N) is 1. The highest BCUT2D eigenvalue weighted by molar-refractivity contribution is 7.99. The molecular formula is C24H30ClFN2O3S. The summed E-state index contributed by atoms with van der Waals surface area (Å²) >= 11 is 7.37. The molecule has 0 aliphatic heterocycles. The Morgan fingerprint density at radius 3 is 2.50 bits per heavy atom. The van der Waals surface area contributed by atoms with Crippen LogP contribution in [0.1, 0.15) is 37.8 Å². The van der Waals surface area contributed by atoms with Crippen LogP contribution in [0.5, 0.6) is 5.75 Å². The lowest BCUT2D eigenvalue weighted by Crippen LogP contribution is -2.49. The fourth-order valence-electron chi connectivity index (χ4n) is 3.21. The van der Waals surface area contributed by atoms with Gasteiger partial charge in [-0.3, -0.25) is 9.59 Å². The number of hydrogen-bond acceptors (Lipinski definition) is 4. The summed E-state index contributed by atoms with van der Waals surface area (Å²) < 4.78 is 19.2. The van der Waals surface area contributed by atoms with Gasteiger partial charge in [0.1, 0.15) is 17.6 Å². The Morgan fingerprint density at radius 2 is 1.91 bits per heavy atom. The number of hydrogen-bond donors (Lipinski definition) is 1. The molecule has 0 aliphatic rings. The number of carbonyl (C=O) groups is 2. The minimum Gasteiger partial charge on any atom is -0.497 e. The van der Waals surface area contributed by atoms with Crippen LogP contribution in [0.25, 0.3) is 0 Å². The van der Waals surface area contributed by atoms with Crippen molar-refractivity contribution in [2.75, 3.05) is 19.4 Å². The predicted molar refractivity (Wildman–Crippen MR) is 128 cm³/mol. The average molecular weight is 481 g/mol. The summed E-state index contributed by atoms with van der Waals surface area (Å²) in [6, 6.07) is 11.3. The number of ether oxygens (including phenoxy) is 1. The van der Waals surface area contributed by atoms with Crippen LogP contribution in [0.3, 0.4) is 0 Å². The van der Waals surface area contributed by atoms with Gasteiger partial charge < -0.3 is 15.0 Å². The monoisotopic (exact) mass is 480 g/mol. The van der Waals surface area contributed by atoms with Crippen LogP contribution in [-0.4, -0.2) is 42.2 Å². The Balaban J connectivity index is 2.15. The van der Waals surface area contributed by atoms with E-state index in [9.17, 15) is 14.0 Å². The average Bonchev–Trinajstić information content (AvgIpc) is 2.79. The number of rotatable bonds is 12. The van der Waals surface area contributed by atoms with Crippen molar-refractivity contribution in [3.8, 4) is 5.75 Å². The number of carbonyl (C=O) groups excluding carboxylic acids is 2. The van der Waals surface area contributed by atoms with Crippen LogP contribution in [-0.2, 0) is 21.9 Å². The van der Waals surface area contributed by atoms with Gasteiger partial charge in [0, 0.05) is 29.4 Å². The van der Waals surface area contributed by atoms with E-state index in [1.165, 1.54) is 17.8 Å². The van der Waals surface area contributed by atoms with Gasteiger partial charge in [0.25, 0.3) is 0 Å². The fourth-order valence-corrected chi connectivity index (χ4v) is 4.46. The van der Waals surface area contributed by atoms with Crippen LogP contribution < -0.4 is 10.1 Å². The third kappa shape index (κ3) is 7.41. The number of benzene rings is 2. The normalized spacial score (nSPS) is 11.7. The number of methoxy groups -OCH3 is 1. The van der Waals surface area contributed by atoms with Gasteiger partial charge in [-0.15, -0.1) is 11.8 Å². The van der Waals surface area contributed by atoms with E-state index in [4.69, 9.17) is 16.3 Å². The van der Waals surface area contributed by atoms with Crippen molar-refractivity contribution >= 4 is 35.2 Å². The van der Waals surface area contributed by atoms with Gasteiger partial charge in [0.2, 0.25) is 11.8 Å². The van der Waals surface area contributed by atoms with E-state index in [2.05, 4.69) is 5.32 Å². The number of amides is 2. The SMILES string of the molecule is CCCNC(=O)C(CC)N(Cc1ccc(OC)cc1)C(=O)CSCc1c(F)cccc1Cl. The van der Waals surface area contributed by atoms with Crippen LogP contribution >= 0.6 is 23.4 Å².